The first-order valence-electron chi connectivity index (χ1n) is 19.6. The first-order valence-corrected chi connectivity index (χ1v) is 19.6. The van der Waals surface area contributed by atoms with Crippen LogP contribution in [0.4, 0.5) is 14.6 Å². The minimum absolute atomic E-state index is 0.00816. The fraction of sp³-hybridized carbons (Fsp3) is 0.476. The molecule has 56 heavy (non-hydrogen) atoms. The van der Waals surface area contributed by atoms with Crippen molar-refractivity contribution < 1.29 is 28.3 Å². The lowest BCUT2D eigenvalue weighted by molar-refractivity contribution is -0.205. The zero-order chi connectivity index (χ0) is 39.2. The number of nitrogens with zero attached hydrogens (tertiary/aromatic N) is 8. The molecule has 5 heterocycles. The number of aromatic nitrogens is 1. The van der Waals surface area contributed by atoms with E-state index >= 15 is 8.78 Å². The molecule has 5 aliphatic rings. The van der Waals surface area contributed by atoms with Gasteiger partial charge in [-0.2, -0.15) is 0 Å². The number of anilines is 1. The number of rotatable bonds is 12. The van der Waals surface area contributed by atoms with E-state index in [9.17, 15) is 19.5 Å². The molecule has 1 aliphatic carbocycles. The van der Waals surface area contributed by atoms with E-state index in [0.29, 0.717) is 49.2 Å². The minimum atomic E-state index is -1.16. The van der Waals surface area contributed by atoms with Gasteiger partial charge in [0.05, 0.1) is 25.3 Å². The van der Waals surface area contributed by atoms with Crippen molar-refractivity contribution in [1.82, 2.24) is 34.6 Å². The van der Waals surface area contributed by atoms with E-state index in [1.54, 1.807) is 22.2 Å². The van der Waals surface area contributed by atoms with Gasteiger partial charge in [0.25, 0.3) is 0 Å². The van der Waals surface area contributed by atoms with Crippen LogP contribution in [0.2, 0.25) is 0 Å². The molecule has 0 radical (unpaired) electrons. The van der Waals surface area contributed by atoms with Crippen LogP contribution in [-0.4, -0.2) is 141 Å². The molecule has 5 fully saturated rings. The van der Waals surface area contributed by atoms with Crippen molar-refractivity contribution in [3.05, 3.63) is 102 Å². The highest BCUT2D eigenvalue weighted by Gasteiger charge is 2.52. The molecule has 3 aromatic rings. The van der Waals surface area contributed by atoms with E-state index in [0.717, 1.165) is 24.6 Å². The summed E-state index contributed by atoms with van der Waals surface area (Å²) in [5, 5.41) is 13.1. The highest BCUT2D eigenvalue weighted by molar-refractivity contribution is 5.92. The average Bonchev–Trinajstić information content (AvgIpc) is 3.76. The number of phenolic OH excluding ortho intramolecular Hbond substituents is 1. The largest absolute Gasteiger partial charge is 0.508 e. The van der Waals surface area contributed by atoms with Gasteiger partial charge in [0.1, 0.15) is 23.8 Å². The molecule has 14 heteroatoms. The molecule has 296 valence electrons. The molecular formula is C42H50F2N8O4. The van der Waals surface area contributed by atoms with Crippen molar-refractivity contribution in [1.29, 1.82) is 0 Å². The molecule has 1 N–H and O–H groups in total. The number of phenols is 1. The van der Waals surface area contributed by atoms with Crippen molar-refractivity contribution in [3.63, 3.8) is 0 Å². The van der Waals surface area contributed by atoms with Crippen LogP contribution in [0.25, 0.3) is 0 Å². The van der Waals surface area contributed by atoms with Crippen molar-refractivity contribution in [2.75, 3.05) is 58.3 Å². The van der Waals surface area contributed by atoms with Crippen molar-refractivity contribution in [2.24, 2.45) is 5.92 Å². The summed E-state index contributed by atoms with van der Waals surface area (Å²) in [5.74, 6) is -1.56. The second kappa shape index (κ2) is 15.5. The lowest BCUT2D eigenvalue weighted by Gasteiger charge is -2.55. The Morgan fingerprint density at radius 2 is 1.77 bits per heavy atom. The summed E-state index contributed by atoms with van der Waals surface area (Å²) in [6, 6.07) is 16.6. The van der Waals surface area contributed by atoms with Gasteiger partial charge in [-0.05, 0) is 68.6 Å². The molecule has 0 spiro atoms. The Morgan fingerprint density at radius 3 is 2.46 bits per heavy atom. The Balaban J connectivity index is 1.05. The van der Waals surface area contributed by atoms with Crippen LogP contribution < -0.4 is 4.90 Å². The summed E-state index contributed by atoms with van der Waals surface area (Å²) in [6.45, 7) is 6.26. The van der Waals surface area contributed by atoms with E-state index in [1.807, 2.05) is 35.2 Å². The molecule has 1 aromatic heterocycles. The Hall–Kier alpha value is -4.92. The van der Waals surface area contributed by atoms with E-state index in [4.69, 9.17) is 4.98 Å². The number of halogens is 2. The highest BCUT2D eigenvalue weighted by atomic mass is 19.1. The van der Waals surface area contributed by atoms with Crippen molar-refractivity contribution in [2.45, 2.75) is 69.0 Å². The fourth-order valence-electron chi connectivity index (χ4n) is 9.68. The third-order valence-corrected chi connectivity index (χ3v) is 12.4. The number of hydrazine groups is 1. The van der Waals surface area contributed by atoms with Crippen molar-refractivity contribution in [3.8, 4) is 5.75 Å². The van der Waals surface area contributed by atoms with E-state index in [1.165, 1.54) is 34.4 Å². The van der Waals surface area contributed by atoms with Crippen LogP contribution in [-0.2, 0) is 33.8 Å². The summed E-state index contributed by atoms with van der Waals surface area (Å²) in [6.07, 6.45) is 3.52. The van der Waals surface area contributed by atoms with Crippen LogP contribution in [0.15, 0.2) is 73.3 Å². The second-order valence-electron chi connectivity index (χ2n) is 16.1. The smallest absolute Gasteiger partial charge is 0.246 e. The van der Waals surface area contributed by atoms with Crippen LogP contribution in [0.1, 0.15) is 36.1 Å². The Labute approximate surface area is 326 Å². The Bertz CT molecular complexity index is 1980. The van der Waals surface area contributed by atoms with Gasteiger partial charge in [-0.25, -0.2) is 23.8 Å². The lowest BCUT2D eigenvalue weighted by Crippen LogP contribution is -2.76. The monoisotopic (exact) mass is 768 g/mol. The standard InChI is InChI=1S/C42H50F2N8O4/c1-4-16-49-26-40(55)51-37(18-28-11-13-33(53)20-35(28)44)42(56)48(25-38(51)52(49)39(54)15-10-27-8-6-5-7-9-27)22-30-12-14-34(43)41(45-30)47-23-32(24-47)50-21-29-17-31(50)19-36(29)46(2)3/h4-9,11-14,20,29,31-32,36-38,53H,1,10,15-19,21-26H2,2-3H3/t29?,31-,36?,37-,38?/m0/s1. The molecule has 1 saturated carbocycles. The highest BCUT2D eigenvalue weighted by Crippen LogP contribution is 2.42. The number of piperidine rings is 1. The molecule has 8 rings (SSSR count). The molecule has 2 aromatic carbocycles. The van der Waals surface area contributed by atoms with Gasteiger partial charge in [-0.3, -0.25) is 19.3 Å². The van der Waals surface area contributed by atoms with Crippen LogP contribution in [0.5, 0.6) is 5.75 Å². The van der Waals surface area contributed by atoms with Gasteiger partial charge in [0.2, 0.25) is 17.7 Å². The number of likely N-dealkylation sites (tertiary alicyclic amines) is 1. The maximum absolute atomic E-state index is 15.4. The number of aryl methyl sites for hydroxylation is 1. The number of carbonyl (C=O) groups excluding carboxylic acids is 3. The zero-order valence-corrected chi connectivity index (χ0v) is 32.0. The number of fused-ring (bicyclic) bond motifs is 3. The summed E-state index contributed by atoms with van der Waals surface area (Å²) in [4.78, 5) is 57.2. The molecule has 4 saturated heterocycles. The number of carbonyl (C=O) groups is 3. The van der Waals surface area contributed by atoms with Gasteiger partial charge in [-0.1, -0.05) is 42.5 Å². The normalized spacial score (nSPS) is 25.6. The molecule has 2 bridgehead atoms. The number of benzene rings is 2. The molecule has 12 nitrogen and oxygen atoms in total. The lowest BCUT2D eigenvalue weighted by atomic mass is 9.97. The quantitative estimate of drug-likeness (QED) is 0.278. The maximum Gasteiger partial charge on any atom is 0.246 e. The zero-order valence-electron chi connectivity index (χ0n) is 32.0. The van der Waals surface area contributed by atoms with Gasteiger partial charge < -0.3 is 24.7 Å². The molecule has 4 aliphatic heterocycles. The number of hydrogen-bond acceptors (Lipinski definition) is 9. The maximum atomic E-state index is 15.4. The summed E-state index contributed by atoms with van der Waals surface area (Å²) < 4.78 is 30.6. The molecule has 3 unspecified atom stereocenters. The number of aromatic hydroxyl groups is 1. The summed E-state index contributed by atoms with van der Waals surface area (Å²) in [7, 11) is 4.31. The minimum Gasteiger partial charge on any atom is -0.508 e. The average molecular weight is 769 g/mol. The topological polar surface area (TPSA) is 107 Å². The van der Waals surface area contributed by atoms with Crippen LogP contribution in [0, 0.1) is 17.6 Å². The molecule has 3 amide bonds. The summed E-state index contributed by atoms with van der Waals surface area (Å²) >= 11 is 0. The van der Waals surface area contributed by atoms with Crippen LogP contribution in [0.3, 0.4) is 0 Å². The first kappa shape index (κ1) is 38.0. The predicted octanol–water partition coefficient (Wildman–Crippen LogP) is 3.26. The van der Waals surface area contributed by atoms with E-state index < -0.39 is 29.7 Å². The Morgan fingerprint density at radius 1 is 0.982 bits per heavy atom. The van der Waals surface area contributed by atoms with E-state index in [-0.39, 0.29) is 68.0 Å². The molecular weight excluding hydrogens is 719 g/mol. The van der Waals surface area contributed by atoms with Crippen molar-refractivity contribution >= 4 is 23.5 Å². The SMILES string of the molecule is C=CCN1CC(=O)N2C(CN(Cc3ccc(F)c(N4CC(N5CC6C[C@H]5CC6N(C)C)C4)n3)C(=O)[C@@H]2Cc2ccc(O)cc2F)N1C(=O)CCc1ccccc1. The van der Waals surface area contributed by atoms with Gasteiger partial charge >= 0.3 is 0 Å². The van der Waals surface area contributed by atoms with Crippen LogP contribution >= 0.6 is 0 Å². The third kappa shape index (κ3) is 7.25. The predicted molar refractivity (Wildman–Crippen MR) is 206 cm³/mol. The van der Waals surface area contributed by atoms with E-state index in [2.05, 4.69) is 30.5 Å². The third-order valence-electron chi connectivity index (χ3n) is 12.4. The number of pyridine rings is 1. The molecule has 5 atom stereocenters. The Kier molecular flexibility index (Phi) is 10.5. The summed E-state index contributed by atoms with van der Waals surface area (Å²) in [5.41, 5.74) is 1.59. The van der Waals surface area contributed by atoms with Gasteiger partial charge in [-0.15, -0.1) is 6.58 Å². The number of hydrogen-bond donors (Lipinski definition) is 1. The van der Waals surface area contributed by atoms with Gasteiger partial charge in [0.15, 0.2) is 11.6 Å². The number of piperazine rings is 1. The first-order chi connectivity index (χ1) is 27.0. The second-order valence-corrected chi connectivity index (χ2v) is 16.1. The number of amides is 3. The van der Waals surface area contributed by atoms with Gasteiger partial charge in [0, 0.05) is 63.2 Å². The fourth-order valence-corrected chi connectivity index (χ4v) is 9.68.